The summed E-state index contributed by atoms with van der Waals surface area (Å²) in [7, 11) is 1.70. The number of rotatable bonds is 5. The lowest BCUT2D eigenvalue weighted by atomic mass is 10.0. The Hall–Kier alpha value is -1.66. The van der Waals surface area contributed by atoms with Crippen LogP contribution in [0.5, 0.6) is 0 Å². The van der Waals surface area contributed by atoms with Crippen molar-refractivity contribution in [3.63, 3.8) is 0 Å². The Kier molecular flexibility index (Phi) is 4.49. The molecule has 6 nitrogen and oxygen atoms in total. The predicted octanol–water partition coefficient (Wildman–Crippen LogP) is 1.86. The molecule has 0 heterocycles. The first kappa shape index (κ1) is 15.4. The zero-order valence-electron chi connectivity index (χ0n) is 11.6. The van der Waals surface area contributed by atoms with Gasteiger partial charge in [0, 0.05) is 13.1 Å². The quantitative estimate of drug-likeness (QED) is 0.628. The first-order chi connectivity index (χ1) is 8.70. The van der Waals surface area contributed by atoms with Gasteiger partial charge >= 0.3 is 0 Å². The highest BCUT2D eigenvalue weighted by Crippen LogP contribution is 2.33. The molecule has 0 aliphatic carbocycles. The van der Waals surface area contributed by atoms with Crippen LogP contribution in [0.3, 0.4) is 0 Å². The molecular formula is C13H20N2O4. The van der Waals surface area contributed by atoms with E-state index in [0.717, 1.165) is 0 Å². The average Bonchev–Trinajstić information content (AvgIpc) is 2.36. The normalized spacial score (nSPS) is 13.2. The number of likely N-dealkylation sites (N-methyl/N-ethyl adjacent to an activating group) is 1. The van der Waals surface area contributed by atoms with Gasteiger partial charge in [-0.3, -0.25) is 10.1 Å². The minimum absolute atomic E-state index is 0.0811. The van der Waals surface area contributed by atoms with Crippen molar-refractivity contribution in [2.75, 3.05) is 18.6 Å². The van der Waals surface area contributed by atoms with E-state index in [0.29, 0.717) is 11.3 Å². The van der Waals surface area contributed by atoms with Gasteiger partial charge in [-0.25, -0.2) is 0 Å². The molecule has 0 saturated heterocycles. The minimum Gasteiger partial charge on any atom is -0.394 e. The fourth-order valence-electron chi connectivity index (χ4n) is 1.66. The summed E-state index contributed by atoms with van der Waals surface area (Å²) in [5, 5.41) is 30.0. The van der Waals surface area contributed by atoms with Crippen LogP contribution in [-0.2, 0) is 0 Å². The van der Waals surface area contributed by atoms with E-state index >= 15 is 0 Å². The smallest absolute Gasteiger partial charge is 0.292 e. The maximum Gasteiger partial charge on any atom is 0.292 e. The van der Waals surface area contributed by atoms with Crippen LogP contribution in [0.2, 0.25) is 0 Å². The van der Waals surface area contributed by atoms with Gasteiger partial charge in [0.05, 0.1) is 23.2 Å². The van der Waals surface area contributed by atoms with Crippen LogP contribution in [0.4, 0.5) is 11.4 Å². The SMILES string of the molecule is CC(O)c1ccc(N(C)C(C)(C)CO)c([N+](=O)[O-])c1. The van der Waals surface area contributed by atoms with Gasteiger partial charge in [0.1, 0.15) is 5.69 Å². The van der Waals surface area contributed by atoms with E-state index in [4.69, 9.17) is 0 Å². The van der Waals surface area contributed by atoms with Crippen molar-refractivity contribution in [2.45, 2.75) is 32.4 Å². The molecule has 0 spiro atoms. The second kappa shape index (κ2) is 5.54. The van der Waals surface area contributed by atoms with Gasteiger partial charge in [0.15, 0.2) is 0 Å². The first-order valence-electron chi connectivity index (χ1n) is 6.02. The van der Waals surface area contributed by atoms with E-state index in [2.05, 4.69) is 0 Å². The second-order valence-electron chi connectivity index (χ2n) is 5.21. The predicted molar refractivity (Wildman–Crippen MR) is 73.3 cm³/mol. The second-order valence-corrected chi connectivity index (χ2v) is 5.21. The number of nitro benzene ring substituents is 1. The molecule has 0 fully saturated rings. The highest BCUT2D eigenvalue weighted by molar-refractivity contribution is 5.65. The number of anilines is 1. The Balaban J connectivity index is 3.32. The maximum absolute atomic E-state index is 11.2. The van der Waals surface area contributed by atoms with E-state index < -0.39 is 16.6 Å². The Morgan fingerprint density at radius 1 is 1.47 bits per heavy atom. The average molecular weight is 268 g/mol. The van der Waals surface area contributed by atoms with Gasteiger partial charge in [0.2, 0.25) is 0 Å². The third-order valence-electron chi connectivity index (χ3n) is 3.33. The lowest BCUT2D eigenvalue weighted by Crippen LogP contribution is -2.44. The molecule has 2 N–H and O–H groups in total. The van der Waals surface area contributed by atoms with Crippen molar-refractivity contribution in [2.24, 2.45) is 0 Å². The molecule has 1 aromatic rings. The van der Waals surface area contributed by atoms with E-state index in [-0.39, 0.29) is 12.3 Å². The summed E-state index contributed by atoms with van der Waals surface area (Å²) in [5.41, 5.74) is 0.207. The van der Waals surface area contributed by atoms with Gasteiger partial charge in [-0.2, -0.15) is 0 Å². The monoisotopic (exact) mass is 268 g/mol. The minimum atomic E-state index is -0.760. The Morgan fingerprint density at radius 2 is 2.05 bits per heavy atom. The van der Waals surface area contributed by atoms with Crippen LogP contribution >= 0.6 is 0 Å². The van der Waals surface area contributed by atoms with E-state index in [9.17, 15) is 20.3 Å². The summed E-state index contributed by atoms with van der Waals surface area (Å²) in [6.45, 7) is 5.01. The molecule has 0 amide bonds. The lowest BCUT2D eigenvalue weighted by molar-refractivity contribution is -0.384. The van der Waals surface area contributed by atoms with Crippen LogP contribution in [0, 0.1) is 10.1 Å². The number of hydrogen-bond acceptors (Lipinski definition) is 5. The molecule has 0 aliphatic rings. The summed E-state index contributed by atoms with van der Waals surface area (Å²) in [6, 6.07) is 4.61. The van der Waals surface area contributed by atoms with Crippen LogP contribution in [0.25, 0.3) is 0 Å². The number of benzene rings is 1. The van der Waals surface area contributed by atoms with Crippen LogP contribution < -0.4 is 4.90 Å². The third-order valence-corrected chi connectivity index (χ3v) is 3.33. The molecule has 0 aromatic heterocycles. The number of aliphatic hydroxyl groups is 2. The summed E-state index contributed by atoms with van der Waals surface area (Å²) in [4.78, 5) is 12.3. The van der Waals surface area contributed by atoms with Crippen LogP contribution in [-0.4, -0.2) is 34.3 Å². The zero-order chi connectivity index (χ0) is 14.8. The number of aliphatic hydroxyl groups excluding tert-OH is 2. The third kappa shape index (κ3) is 3.21. The molecule has 0 saturated carbocycles. The van der Waals surface area contributed by atoms with Crippen LogP contribution in [0.15, 0.2) is 18.2 Å². The Labute approximate surface area is 112 Å². The highest BCUT2D eigenvalue weighted by atomic mass is 16.6. The van der Waals surface area contributed by atoms with Gasteiger partial charge in [-0.05, 0) is 32.4 Å². The van der Waals surface area contributed by atoms with Crippen LogP contribution in [0.1, 0.15) is 32.4 Å². The highest BCUT2D eigenvalue weighted by Gasteiger charge is 2.28. The molecule has 0 aliphatic heterocycles. The maximum atomic E-state index is 11.2. The van der Waals surface area contributed by atoms with E-state index in [1.54, 1.807) is 44.9 Å². The molecular weight excluding hydrogens is 248 g/mol. The van der Waals surface area contributed by atoms with Crippen molar-refractivity contribution in [1.29, 1.82) is 0 Å². The first-order valence-corrected chi connectivity index (χ1v) is 6.02. The molecule has 0 radical (unpaired) electrons. The van der Waals surface area contributed by atoms with Crippen molar-refractivity contribution in [3.05, 3.63) is 33.9 Å². The molecule has 19 heavy (non-hydrogen) atoms. The van der Waals surface area contributed by atoms with Gasteiger partial charge in [-0.1, -0.05) is 6.07 Å². The molecule has 0 bridgehead atoms. The number of nitro groups is 1. The molecule has 106 valence electrons. The van der Waals surface area contributed by atoms with Crippen molar-refractivity contribution >= 4 is 11.4 Å². The summed E-state index contributed by atoms with van der Waals surface area (Å²) >= 11 is 0. The van der Waals surface area contributed by atoms with Gasteiger partial charge in [-0.15, -0.1) is 0 Å². The fraction of sp³-hybridized carbons (Fsp3) is 0.538. The molecule has 1 aromatic carbocycles. The number of hydrogen-bond donors (Lipinski definition) is 2. The molecule has 1 atom stereocenters. The standard InChI is InChI=1S/C13H20N2O4/c1-9(17)10-5-6-11(12(7-10)15(18)19)14(4)13(2,3)8-16/h5-7,9,16-17H,8H2,1-4H3. The topological polar surface area (TPSA) is 86.8 Å². The Morgan fingerprint density at radius 3 is 2.47 bits per heavy atom. The summed E-state index contributed by atoms with van der Waals surface area (Å²) in [5.74, 6) is 0. The molecule has 1 unspecified atom stereocenters. The summed E-state index contributed by atoms with van der Waals surface area (Å²) in [6.07, 6.45) is -0.760. The van der Waals surface area contributed by atoms with E-state index in [1.165, 1.54) is 6.07 Å². The van der Waals surface area contributed by atoms with Crippen molar-refractivity contribution < 1.29 is 15.1 Å². The van der Waals surface area contributed by atoms with Gasteiger partial charge in [0.25, 0.3) is 5.69 Å². The number of nitrogens with zero attached hydrogens (tertiary/aromatic N) is 2. The molecule has 6 heteroatoms. The largest absolute Gasteiger partial charge is 0.394 e. The lowest BCUT2D eigenvalue weighted by Gasteiger charge is -2.35. The van der Waals surface area contributed by atoms with E-state index in [1.807, 2.05) is 0 Å². The summed E-state index contributed by atoms with van der Waals surface area (Å²) < 4.78 is 0. The fourth-order valence-corrected chi connectivity index (χ4v) is 1.66. The molecule has 1 rings (SSSR count). The Bertz CT molecular complexity index is 472. The van der Waals surface area contributed by atoms with Gasteiger partial charge < -0.3 is 15.1 Å². The van der Waals surface area contributed by atoms with Crippen molar-refractivity contribution in [1.82, 2.24) is 0 Å². The zero-order valence-corrected chi connectivity index (χ0v) is 11.6. The van der Waals surface area contributed by atoms with Crippen molar-refractivity contribution in [3.8, 4) is 0 Å².